The van der Waals surface area contributed by atoms with E-state index >= 15 is 0 Å². The van der Waals surface area contributed by atoms with Gasteiger partial charge in [0, 0.05) is 0 Å². The highest BCUT2D eigenvalue weighted by Gasteiger charge is 2.24. The van der Waals surface area contributed by atoms with Gasteiger partial charge in [0.25, 0.3) is 0 Å². The van der Waals surface area contributed by atoms with Crippen LogP contribution in [0.3, 0.4) is 0 Å². The average Bonchev–Trinajstić information content (AvgIpc) is 1.88. The Bertz CT molecular complexity index is 126. The van der Waals surface area contributed by atoms with Crippen LogP contribution in [0, 0.1) is 5.92 Å². The highest BCUT2D eigenvalue weighted by molar-refractivity contribution is 5.70. The fraction of sp³-hybridized carbons (Fsp3) is 0.833. The highest BCUT2D eigenvalue weighted by Crippen LogP contribution is 2.09. The van der Waals surface area contributed by atoms with Crippen molar-refractivity contribution in [2.45, 2.75) is 13.2 Å². The summed E-state index contributed by atoms with van der Waals surface area (Å²) in [5, 5.41) is 8.46. The van der Waals surface area contributed by atoms with Gasteiger partial charge < -0.3 is 14.6 Å². The molecule has 0 atom stereocenters. The van der Waals surface area contributed by atoms with Crippen molar-refractivity contribution < 1.29 is 19.4 Å². The van der Waals surface area contributed by atoms with Crippen molar-refractivity contribution in [3.63, 3.8) is 0 Å². The van der Waals surface area contributed by atoms with Gasteiger partial charge in [0.15, 0.2) is 6.29 Å². The number of hydrogen-bond donors (Lipinski definition) is 1. The van der Waals surface area contributed by atoms with Crippen LogP contribution in [0.15, 0.2) is 0 Å². The molecule has 0 aromatic carbocycles. The molecule has 1 saturated heterocycles. The summed E-state index contributed by atoms with van der Waals surface area (Å²) in [6.07, 6.45) is -0.254. The van der Waals surface area contributed by atoms with E-state index in [9.17, 15) is 4.79 Å². The van der Waals surface area contributed by atoms with E-state index in [2.05, 4.69) is 0 Å². The van der Waals surface area contributed by atoms with Crippen molar-refractivity contribution in [2.75, 3.05) is 13.2 Å². The van der Waals surface area contributed by atoms with Crippen molar-refractivity contribution >= 4 is 5.97 Å². The number of rotatable bonds is 1. The van der Waals surface area contributed by atoms with Gasteiger partial charge in [-0.05, 0) is 6.92 Å². The van der Waals surface area contributed by atoms with Crippen LogP contribution in [-0.2, 0) is 14.3 Å². The molecule has 0 aromatic heterocycles. The molecular weight excluding hydrogens is 136 g/mol. The van der Waals surface area contributed by atoms with Crippen LogP contribution in [0.4, 0.5) is 0 Å². The number of carboxylic acids is 1. The lowest BCUT2D eigenvalue weighted by Gasteiger charge is -2.24. The van der Waals surface area contributed by atoms with Gasteiger partial charge in [-0.25, -0.2) is 0 Å². The second-order valence-electron chi connectivity index (χ2n) is 2.27. The first-order valence-electron chi connectivity index (χ1n) is 3.16. The summed E-state index contributed by atoms with van der Waals surface area (Å²) < 4.78 is 9.90. The molecule has 1 N–H and O–H groups in total. The minimum absolute atomic E-state index is 0.254. The Balaban J connectivity index is 2.33. The van der Waals surface area contributed by atoms with E-state index in [4.69, 9.17) is 14.6 Å². The lowest BCUT2D eigenvalue weighted by Crippen LogP contribution is -2.34. The Morgan fingerprint density at radius 3 is 2.40 bits per heavy atom. The Hall–Kier alpha value is -0.610. The summed E-state index contributed by atoms with van der Waals surface area (Å²) >= 11 is 0. The minimum Gasteiger partial charge on any atom is -0.481 e. The molecule has 0 radical (unpaired) electrons. The van der Waals surface area contributed by atoms with Crippen molar-refractivity contribution in [2.24, 2.45) is 5.92 Å². The summed E-state index contributed by atoms with van der Waals surface area (Å²) in [7, 11) is 0. The average molecular weight is 146 g/mol. The van der Waals surface area contributed by atoms with Gasteiger partial charge in [-0.2, -0.15) is 0 Å². The fourth-order valence-electron chi connectivity index (χ4n) is 0.742. The summed E-state index contributed by atoms with van der Waals surface area (Å²) in [6, 6.07) is 0. The molecule has 1 aliphatic rings. The van der Waals surface area contributed by atoms with E-state index in [1.807, 2.05) is 0 Å². The van der Waals surface area contributed by atoms with E-state index in [-0.39, 0.29) is 19.5 Å². The maximum Gasteiger partial charge on any atom is 0.311 e. The van der Waals surface area contributed by atoms with Crippen LogP contribution in [0.5, 0.6) is 0 Å². The predicted molar refractivity (Wildman–Crippen MR) is 32.5 cm³/mol. The molecule has 4 nitrogen and oxygen atoms in total. The molecule has 1 fully saturated rings. The van der Waals surface area contributed by atoms with Gasteiger partial charge in [-0.1, -0.05) is 0 Å². The first kappa shape index (κ1) is 7.50. The maximum absolute atomic E-state index is 10.3. The molecule has 58 valence electrons. The van der Waals surface area contributed by atoms with E-state index in [0.717, 1.165) is 0 Å². The van der Waals surface area contributed by atoms with Crippen molar-refractivity contribution in [3.05, 3.63) is 0 Å². The third-order valence-corrected chi connectivity index (χ3v) is 1.41. The van der Waals surface area contributed by atoms with Crippen LogP contribution in [-0.4, -0.2) is 30.6 Å². The molecule has 0 aromatic rings. The molecule has 1 rings (SSSR count). The van der Waals surface area contributed by atoms with Gasteiger partial charge >= 0.3 is 5.97 Å². The maximum atomic E-state index is 10.3. The molecule has 0 amide bonds. The van der Waals surface area contributed by atoms with Crippen molar-refractivity contribution in [3.8, 4) is 0 Å². The zero-order valence-corrected chi connectivity index (χ0v) is 5.74. The van der Waals surface area contributed by atoms with E-state index in [1.165, 1.54) is 0 Å². The van der Waals surface area contributed by atoms with Gasteiger partial charge in [0.05, 0.1) is 13.2 Å². The molecular formula is C6H10O4. The topological polar surface area (TPSA) is 55.8 Å². The third kappa shape index (κ3) is 1.68. The Morgan fingerprint density at radius 1 is 1.50 bits per heavy atom. The summed E-state index contributed by atoms with van der Waals surface area (Å²) in [5.74, 6) is -1.34. The molecule has 10 heavy (non-hydrogen) atoms. The quantitative estimate of drug-likeness (QED) is 0.569. The predicted octanol–water partition coefficient (Wildman–Crippen LogP) is 0.0800. The van der Waals surface area contributed by atoms with E-state index in [1.54, 1.807) is 6.92 Å². The summed E-state index contributed by atoms with van der Waals surface area (Å²) in [5.41, 5.74) is 0. The zero-order chi connectivity index (χ0) is 7.56. The second kappa shape index (κ2) is 2.98. The lowest BCUT2D eigenvalue weighted by molar-refractivity contribution is -0.199. The SMILES string of the molecule is C[C@H]1OC[C@H](C(=O)O)CO1. The molecule has 0 saturated carbocycles. The van der Waals surface area contributed by atoms with Gasteiger partial charge in [-0.15, -0.1) is 0 Å². The Morgan fingerprint density at radius 2 is 2.00 bits per heavy atom. The molecule has 0 unspecified atom stereocenters. The second-order valence-corrected chi connectivity index (χ2v) is 2.27. The first-order valence-corrected chi connectivity index (χ1v) is 3.16. The summed E-state index contributed by atoms with van der Waals surface area (Å²) in [6.45, 7) is 2.27. The first-order chi connectivity index (χ1) is 4.70. The zero-order valence-electron chi connectivity index (χ0n) is 5.74. The molecule has 4 heteroatoms. The molecule has 0 bridgehead atoms. The van der Waals surface area contributed by atoms with Crippen LogP contribution in [0.25, 0.3) is 0 Å². The molecule has 1 aliphatic heterocycles. The van der Waals surface area contributed by atoms with Crippen molar-refractivity contribution in [1.29, 1.82) is 0 Å². The number of ether oxygens (including phenoxy) is 2. The number of carbonyl (C=O) groups is 1. The minimum atomic E-state index is -0.855. The lowest BCUT2D eigenvalue weighted by atomic mass is 10.2. The standard InChI is InChI=1S/C6H10O4/c1-4-9-2-5(3-10-4)6(7)8/h4-5H,2-3H2,1H3,(H,7,8)/t4-,5-. The number of hydrogen-bond acceptors (Lipinski definition) is 3. The van der Waals surface area contributed by atoms with Crippen LogP contribution in [0.2, 0.25) is 0 Å². The van der Waals surface area contributed by atoms with Gasteiger partial charge in [0.2, 0.25) is 0 Å². The number of carboxylic acid groups (broad SMARTS) is 1. The van der Waals surface area contributed by atoms with E-state index in [0.29, 0.717) is 0 Å². The third-order valence-electron chi connectivity index (χ3n) is 1.41. The number of aliphatic carboxylic acids is 1. The Kier molecular flexibility index (Phi) is 2.24. The fourth-order valence-corrected chi connectivity index (χ4v) is 0.742. The van der Waals surface area contributed by atoms with Crippen LogP contribution >= 0.6 is 0 Å². The summed E-state index contributed by atoms with van der Waals surface area (Å²) in [4.78, 5) is 10.3. The monoisotopic (exact) mass is 146 g/mol. The van der Waals surface area contributed by atoms with Crippen molar-refractivity contribution in [1.82, 2.24) is 0 Å². The highest BCUT2D eigenvalue weighted by atomic mass is 16.7. The molecule has 0 aliphatic carbocycles. The van der Waals surface area contributed by atoms with Crippen LogP contribution < -0.4 is 0 Å². The largest absolute Gasteiger partial charge is 0.481 e. The molecule has 0 spiro atoms. The van der Waals surface area contributed by atoms with Crippen LogP contribution in [0.1, 0.15) is 6.92 Å². The van der Waals surface area contributed by atoms with E-state index < -0.39 is 11.9 Å². The Labute approximate surface area is 58.7 Å². The van der Waals surface area contributed by atoms with Gasteiger partial charge in [0.1, 0.15) is 5.92 Å². The normalized spacial score (nSPS) is 33.7. The molecule has 1 heterocycles. The smallest absolute Gasteiger partial charge is 0.311 e. The van der Waals surface area contributed by atoms with Gasteiger partial charge in [-0.3, -0.25) is 4.79 Å².